The molecule has 1 N–H and O–H groups in total. The Morgan fingerprint density at radius 3 is 2.77 bits per heavy atom. The molecule has 1 aliphatic heterocycles. The van der Waals surface area contributed by atoms with Gasteiger partial charge in [0, 0.05) is 29.2 Å². The van der Waals surface area contributed by atoms with Gasteiger partial charge in [-0.2, -0.15) is 0 Å². The van der Waals surface area contributed by atoms with Crippen LogP contribution in [0.2, 0.25) is 5.02 Å². The molecule has 1 aromatic heterocycles. The molecule has 2 aromatic carbocycles. The zero-order chi connectivity index (χ0) is 18.4. The molecule has 0 fully saturated rings. The number of ether oxygens (including phenoxy) is 1. The lowest BCUT2D eigenvalue weighted by atomic mass is 10.1. The first kappa shape index (κ1) is 17.2. The summed E-state index contributed by atoms with van der Waals surface area (Å²) in [5, 5.41) is 11.2. The predicted octanol–water partition coefficient (Wildman–Crippen LogP) is 4.78. The maximum absolute atomic E-state index is 12.0. The van der Waals surface area contributed by atoms with E-state index in [1.807, 2.05) is 30.3 Å². The second-order valence-corrected chi connectivity index (χ2v) is 7.47. The van der Waals surface area contributed by atoms with Crippen molar-refractivity contribution in [3.05, 3.63) is 57.2 Å². The summed E-state index contributed by atoms with van der Waals surface area (Å²) < 4.78 is 8.24. The molecule has 3 aromatic rings. The highest BCUT2D eigenvalue weighted by atomic mass is 79.9. The third kappa shape index (κ3) is 2.73. The van der Waals surface area contributed by atoms with Crippen molar-refractivity contribution in [3.63, 3.8) is 0 Å². The average Bonchev–Trinajstić information content (AvgIpc) is 2.93. The van der Waals surface area contributed by atoms with E-state index in [-0.39, 0.29) is 0 Å². The van der Waals surface area contributed by atoms with Crippen molar-refractivity contribution in [1.29, 1.82) is 0 Å². The topological polar surface area (TPSA) is 54.7 Å². The Morgan fingerprint density at radius 1 is 1.27 bits per heavy atom. The average molecular weight is 436 g/mol. The van der Waals surface area contributed by atoms with Gasteiger partial charge in [-0.25, -0.2) is 4.79 Å². The van der Waals surface area contributed by atoms with Gasteiger partial charge in [-0.3, -0.25) is 0 Å². The first-order valence-electron chi connectivity index (χ1n) is 8.12. The van der Waals surface area contributed by atoms with Gasteiger partial charge in [0.1, 0.15) is 5.75 Å². The van der Waals surface area contributed by atoms with Crippen LogP contribution in [-0.2, 0) is 13.1 Å². The maximum Gasteiger partial charge on any atom is 0.338 e. The molecular weight excluding hydrogens is 420 g/mol. The zero-order valence-electron chi connectivity index (χ0n) is 14.0. The first-order chi connectivity index (χ1) is 12.5. The van der Waals surface area contributed by atoms with Crippen molar-refractivity contribution in [3.8, 4) is 5.75 Å². The fourth-order valence-electron chi connectivity index (χ4n) is 3.59. The summed E-state index contributed by atoms with van der Waals surface area (Å²) in [4.78, 5) is 14.2. The number of fused-ring (bicyclic) bond motifs is 3. The maximum atomic E-state index is 12.0. The third-order valence-corrected chi connectivity index (χ3v) is 5.62. The van der Waals surface area contributed by atoms with Crippen LogP contribution in [0.25, 0.3) is 10.9 Å². The van der Waals surface area contributed by atoms with Crippen molar-refractivity contribution in [1.82, 2.24) is 4.57 Å². The first-order valence-corrected chi connectivity index (χ1v) is 9.29. The van der Waals surface area contributed by atoms with Crippen LogP contribution in [0, 0.1) is 0 Å². The molecule has 26 heavy (non-hydrogen) atoms. The highest BCUT2D eigenvalue weighted by Gasteiger charge is 2.28. The van der Waals surface area contributed by atoms with Gasteiger partial charge >= 0.3 is 5.97 Å². The van der Waals surface area contributed by atoms with Crippen LogP contribution in [0.5, 0.6) is 5.75 Å². The number of anilines is 1. The summed E-state index contributed by atoms with van der Waals surface area (Å²) in [5.41, 5.74) is 3.01. The van der Waals surface area contributed by atoms with Gasteiger partial charge in [0.2, 0.25) is 0 Å². The minimum absolute atomic E-state index is 0.331. The minimum atomic E-state index is -0.930. The van der Waals surface area contributed by atoms with E-state index in [2.05, 4.69) is 25.4 Å². The number of halogens is 2. The molecule has 0 radical (unpaired) electrons. The SMILES string of the molecule is COc1cc2c(C(=O)O)c3n(c2cc1Br)CCN(c1cccc(Cl)c1)C3. The van der Waals surface area contributed by atoms with E-state index in [0.29, 0.717) is 34.8 Å². The van der Waals surface area contributed by atoms with Gasteiger partial charge in [0.05, 0.1) is 34.9 Å². The number of hydrogen-bond acceptors (Lipinski definition) is 3. The number of methoxy groups -OCH3 is 1. The summed E-state index contributed by atoms with van der Waals surface area (Å²) in [7, 11) is 1.57. The molecule has 0 bridgehead atoms. The van der Waals surface area contributed by atoms with Gasteiger partial charge in [-0.05, 0) is 46.3 Å². The van der Waals surface area contributed by atoms with Crippen molar-refractivity contribution in [2.75, 3.05) is 18.6 Å². The monoisotopic (exact) mass is 434 g/mol. The highest BCUT2D eigenvalue weighted by Crippen LogP contribution is 2.37. The number of benzene rings is 2. The molecule has 7 heteroatoms. The molecule has 0 saturated carbocycles. The van der Waals surface area contributed by atoms with Crippen LogP contribution in [0.1, 0.15) is 16.1 Å². The molecule has 0 spiro atoms. The van der Waals surface area contributed by atoms with Gasteiger partial charge in [0.15, 0.2) is 0 Å². The molecule has 134 valence electrons. The normalized spacial score (nSPS) is 13.7. The molecule has 2 heterocycles. The Kier molecular flexibility index (Phi) is 4.32. The molecule has 1 aliphatic rings. The molecule has 4 rings (SSSR count). The minimum Gasteiger partial charge on any atom is -0.496 e. The Bertz CT molecular complexity index is 1030. The van der Waals surface area contributed by atoms with Gasteiger partial charge < -0.3 is 19.3 Å². The Morgan fingerprint density at radius 2 is 2.08 bits per heavy atom. The quantitative estimate of drug-likeness (QED) is 0.643. The number of carbonyl (C=O) groups is 1. The number of rotatable bonds is 3. The molecule has 0 aliphatic carbocycles. The molecular formula is C19H16BrClN2O3. The Labute approximate surface area is 163 Å². The van der Waals surface area contributed by atoms with Gasteiger partial charge in [-0.1, -0.05) is 17.7 Å². The van der Waals surface area contributed by atoms with Crippen molar-refractivity contribution in [2.45, 2.75) is 13.1 Å². The van der Waals surface area contributed by atoms with Crippen LogP contribution in [0.4, 0.5) is 5.69 Å². The fourth-order valence-corrected chi connectivity index (χ4v) is 4.27. The number of aromatic carboxylic acids is 1. The number of hydrogen-bond donors (Lipinski definition) is 1. The number of carboxylic acid groups (broad SMARTS) is 1. The third-order valence-electron chi connectivity index (χ3n) is 4.77. The molecule has 0 amide bonds. The van der Waals surface area contributed by atoms with Gasteiger partial charge in [0.25, 0.3) is 0 Å². The molecule has 5 nitrogen and oxygen atoms in total. The van der Waals surface area contributed by atoms with Crippen LogP contribution in [-0.4, -0.2) is 29.3 Å². The van der Waals surface area contributed by atoms with Crippen LogP contribution in [0.15, 0.2) is 40.9 Å². The fraction of sp³-hybridized carbons (Fsp3) is 0.211. The number of carboxylic acids is 1. The second-order valence-electron chi connectivity index (χ2n) is 6.18. The van der Waals surface area contributed by atoms with Gasteiger partial charge in [-0.15, -0.1) is 0 Å². The number of nitrogens with zero attached hydrogens (tertiary/aromatic N) is 2. The standard InChI is InChI=1S/C19H16BrClN2O3/c1-26-17-8-13-15(9-14(17)20)23-6-5-22(10-16(23)18(13)19(24)25)12-4-2-3-11(21)7-12/h2-4,7-9H,5-6,10H2,1H3,(H,24,25). The smallest absolute Gasteiger partial charge is 0.338 e. The summed E-state index contributed by atoms with van der Waals surface area (Å²) >= 11 is 9.61. The van der Waals surface area contributed by atoms with Crippen molar-refractivity contribution >= 4 is 50.1 Å². The van der Waals surface area contributed by atoms with E-state index >= 15 is 0 Å². The van der Waals surface area contributed by atoms with E-state index in [0.717, 1.165) is 27.9 Å². The second kappa shape index (κ2) is 6.52. The van der Waals surface area contributed by atoms with E-state index in [1.54, 1.807) is 13.2 Å². The van der Waals surface area contributed by atoms with Crippen LogP contribution in [0.3, 0.4) is 0 Å². The molecule has 0 saturated heterocycles. The summed E-state index contributed by atoms with van der Waals surface area (Å²) in [5.74, 6) is -0.310. The summed E-state index contributed by atoms with van der Waals surface area (Å²) in [6.07, 6.45) is 0. The largest absolute Gasteiger partial charge is 0.496 e. The van der Waals surface area contributed by atoms with Crippen molar-refractivity contribution < 1.29 is 14.6 Å². The summed E-state index contributed by atoms with van der Waals surface area (Å²) in [6, 6.07) is 11.3. The summed E-state index contributed by atoms with van der Waals surface area (Å²) in [6.45, 7) is 1.99. The lowest BCUT2D eigenvalue weighted by molar-refractivity contribution is 0.0697. The Hall–Kier alpha value is -2.18. The van der Waals surface area contributed by atoms with E-state index in [4.69, 9.17) is 16.3 Å². The predicted molar refractivity (Wildman–Crippen MR) is 106 cm³/mol. The highest BCUT2D eigenvalue weighted by molar-refractivity contribution is 9.10. The molecule has 0 atom stereocenters. The number of aromatic nitrogens is 1. The van der Waals surface area contributed by atoms with E-state index in [1.165, 1.54) is 0 Å². The lowest BCUT2D eigenvalue weighted by Gasteiger charge is -2.31. The zero-order valence-corrected chi connectivity index (χ0v) is 16.3. The van der Waals surface area contributed by atoms with Crippen molar-refractivity contribution in [2.24, 2.45) is 0 Å². The lowest BCUT2D eigenvalue weighted by Crippen LogP contribution is -2.34. The Balaban J connectivity index is 1.88. The van der Waals surface area contributed by atoms with Crippen LogP contribution < -0.4 is 9.64 Å². The van der Waals surface area contributed by atoms with E-state index in [9.17, 15) is 9.90 Å². The van der Waals surface area contributed by atoms with Crippen LogP contribution >= 0.6 is 27.5 Å². The van der Waals surface area contributed by atoms with E-state index < -0.39 is 5.97 Å². The molecule has 0 unspecified atom stereocenters.